The summed E-state index contributed by atoms with van der Waals surface area (Å²) in [6.45, 7) is 4.95. The molecule has 3 nitrogen and oxygen atoms in total. The average Bonchev–Trinajstić information content (AvgIpc) is 2.30. The molecule has 0 atom stereocenters. The number of hydrogen-bond donors (Lipinski definition) is 1. The van der Waals surface area contributed by atoms with E-state index in [1.807, 2.05) is 25.1 Å². The Labute approximate surface area is 95.6 Å². The zero-order valence-electron chi connectivity index (χ0n) is 9.57. The Hall–Kier alpha value is -1.90. The number of anilines is 1. The molecular weight excluding hydrogens is 198 g/mol. The van der Waals surface area contributed by atoms with Gasteiger partial charge < -0.3 is 5.32 Å². The highest BCUT2D eigenvalue weighted by Gasteiger charge is 2.03. The zero-order chi connectivity index (χ0) is 11.4. The third-order valence-corrected chi connectivity index (χ3v) is 2.41. The quantitative estimate of drug-likeness (QED) is 0.851. The lowest BCUT2D eigenvalue weighted by atomic mass is 10.1. The van der Waals surface area contributed by atoms with E-state index in [2.05, 4.69) is 34.3 Å². The monoisotopic (exact) mass is 213 g/mol. The van der Waals surface area contributed by atoms with Gasteiger partial charge in [0.05, 0.1) is 5.69 Å². The molecule has 0 amide bonds. The molecule has 1 heterocycles. The molecule has 2 aromatic rings. The summed E-state index contributed by atoms with van der Waals surface area (Å²) in [5.74, 6) is 0.684. The third kappa shape index (κ3) is 2.19. The maximum atomic E-state index is 4.47. The summed E-state index contributed by atoms with van der Waals surface area (Å²) >= 11 is 0. The lowest BCUT2D eigenvalue weighted by molar-refractivity contribution is 1.09. The molecule has 0 bridgehead atoms. The second kappa shape index (κ2) is 4.75. The van der Waals surface area contributed by atoms with Crippen LogP contribution in [0.15, 0.2) is 36.5 Å². The van der Waals surface area contributed by atoms with E-state index >= 15 is 0 Å². The van der Waals surface area contributed by atoms with Crippen molar-refractivity contribution in [1.29, 1.82) is 0 Å². The fourth-order valence-corrected chi connectivity index (χ4v) is 1.61. The number of hydrogen-bond acceptors (Lipinski definition) is 3. The molecule has 0 saturated heterocycles. The van der Waals surface area contributed by atoms with Crippen LogP contribution in [0.3, 0.4) is 0 Å². The highest BCUT2D eigenvalue weighted by molar-refractivity contribution is 5.63. The first kappa shape index (κ1) is 10.6. The summed E-state index contributed by atoms with van der Waals surface area (Å²) in [4.78, 5) is 8.63. The predicted octanol–water partition coefficient (Wildman–Crippen LogP) is 2.88. The Balaban J connectivity index is 2.40. The molecule has 16 heavy (non-hydrogen) atoms. The Bertz CT molecular complexity index is 480. The molecule has 82 valence electrons. The second-order valence-electron chi connectivity index (χ2n) is 3.61. The number of nitrogens with one attached hydrogen (secondary N) is 1. The molecule has 0 spiro atoms. The summed E-state index contributed by atoms with van der Waals surface area (Å²) in [5, 5.41) is 3.11. The standard InChI is InChI=1S/C13H15N3/c1-3-14-13-15-9-8-12(16-13)11-7-5-4-6-10(11)2/h4-9H,3H2,1-2H3,(H,14,15,16). The Morgan fingerprint density at radius 3 is 2.75 bits per heavy atom. The average molecular weight is 213 g/mol. The lowest BCUT2D eigenvalue weighted by Gasteiger charge is -2.06. The summed E-state index contributed by atoms with van der Waals surface area (Å²) in [7, 11) is 0. The molecule has 3 heteroatoms. The van der Waals surface area contributed by atoms with Gasteiger partial charge >= 0.3 is 0 Å². The zero-order valence-corrected chi connectivity index (χ0v) is 9.57. The molecule has 1 aromatic heterocycles. The lowest BCUT2D eigenvalue weighted by Crippen LogP contribution is -2.02. The maximum absolute atomic E-state index is 4.47. The molecule has 1 N–H and O–H groups in total. The smallest absolute Gasteiger partial charge is 0.223 e. The van der Waals surface area contributed by atoms with Crippen molar-refractivity contribution in [2.45, 2.75) is 13.8 Å². The van der Waals surface area contributed by atoms with Crippen LogP contribution in [0.25, 0.3) is 11.3 Å². The van der Waals surface area contributed by atoms with E-state index < -0.39 is 0 Å². The molecule has 2 rings (SSSR count). The van der Waals surface area contributed by atoms with E-state index in [1.54, 1.807) is 6.20 Å². The fourth-order valence-electron chi connectivity index (χ4n) is 1.61. The van der Waals surface area contributed by atoms with E-state index in [-0.39, 0.29) is 0 Å². The molecular formula is C13H15N3. The number of aryl methyl sites for hydroxylation is 1. The summed E-state index contributed by atoms with van der Waals surface area (Å²) in [6, 6.07) is 10.2. The van der Waals surface area contributed by atoms with Crippen molar-refractivity contribution >= 4 is 5.95 Å². The van der Waals surface area contributed by atoms with Crippen LogP contribution in [0.1, 0.15) is 12.5 Å². The van der Waals surface area contributed by atoms with Crippen LogP contribution in [0.2, 0.25) is 0 Å². The van der Waals surface area contributed by atoms with Gasteiger partial charge in [-0.05, 0) is 25.5 Å². The van der Waals surface area contributed by atoms with Gasteiger partial charge in [-0.15, -0.1) is 0 Å². The van der Waals surface area contributed by atoms with Crippen LogP contribution in [0.5, 0.6) is 0 Å². The predicted molar refractivity (Wildman–Crippen MR) is 66.4 cm³/mol. The highest BCUT2D eigenvalue weighted by Crippen LogP contribution is 2.21. The number of aromatic nitrogens is 2. The van der Waals surface area contributed by atoms with Gasteiger partial charge in [0.25, 0.3) is 0 Å². The largest absolute Gasteiger partial charge is 0.354 e. The number of nitrogens with zero attached hydrogens (tertiary/aromatic N) is 2. The van der Waals surface area contributed by atoms with Gasteiger partial charge in [0, 0.05) is 18.3 Å². The summed E-state index contributed by atoms with van der Waals surface area (Å²) < 4.78 is 0. The van der Waals surface area contributed by atoms with Crippen molar-refractivity contribution in [3.63, 3.8) is 0 Å². The summed E-state index contributed by atoms with van der Waals surface area (Å²) in [6.07, 6.45) is 1.78. The third-order valence-electron chi connectivity index (χ3n) is 2.41. The van der Waals surface area contributed by atoms with Gasteiger partial charge in [-0.2, -0.15) is 0 Å². The first-order valence-electron chi connectivity index (χ1n) is 5.44. The Kier molecular flexibility index (Phi) is 3.15. The normalized spacial score (nSPS) is 10.1. The van der Waals surface area contributed by atoms with Gasteiger partial charge in [0.1, 0.15) is 0 Å². The molecule has 0 aliphatic carbocycles. The number of benzene rings is 1. The molecule has 0 fully saturated rings. The minimum Gasteiger partial charge on any atom is -0.354 e. The minimum atomic E-state index is 0.684. The van der Waals surface area contributed by atoms with Crippen molar-refractivity contribution in [2.75, 3.05) is 11.9 Å². The Morgan fingerprint density at radius 1 is 1.19 bits per heavy atom. The molecule has 0 unspecified atom stereocenters. The molecule has 0 aliphatic heterocycles. The first-order chi connectivity index (χ1) is 7.81. The topological polar surface area (TPSA) is 37.8 Å². The van der Waals surface area contributed by atoms with Crippen LogP contribution >= 0.6 is 0 Å². The van der Waals surface area contributed by atoms with Crippen molar-refractivity contribution in [3.8, 4) is 11.3 Å². The van der Waals surface area contributed by atoms with Crippen LogP contribution in [0, 0.1) is 6.92 Å². The highest BCUT2D eigenvalue weighted by atomic mass is 15.1. The van der Waals surface area contributed by atoms with E-state index in [0.717, 1.165) is 17.8 Å². The number of rotatable bonds is 3. The second-order valence-corrected chi connectivity index (χ2v) is 3.61. The first-order valence-corrected chi connectivity index (χ1v) is 5.44. The molecule has 0 saturated carbocycles. The van der Waals surface area contributed by atoms with Crippen LogP contribution in [-0.4, -0.2) is 16.5 Å². The van der Waals surface area contributed by atoms with Crippen molar-refractivity contribution in [2.24, 2.45) is 0 Å². The van der Waals surface area contributed by atoms with Gasteiger partial charge in [0.2, 0.25) is 5.95 Å². The van der Waals surface area contributed by atoms with Crippen LogP contribution in [0.4, 0.5) is 5.95 Å². The van der Waals surface area contributed by atoms with E-state index in [4.69, 9.17) is 0 Å². The molecule has 0 aliphatic rings. The molecule has 0 radical (unpaired) electrons. The van der Waals surface area contributed by atoms with Gasteiger partial charge in [-0.3, -0.25) is 0 Å². The minimum absolute atomic E-state index is 0.684. The molecule has 1 aromatic carbocycles. The van der Waals surface area contributed by atoms with Gasteiger partial charge in [-0.25, -0.2) is 9.97 Å². The maximum Gasteiger partial charge on any atom is 0.223 e. The van der Waals surface area contributed by atoms with Gasteiger partial charge in [-0.1, -0.05) is 24.3 Å². The van der Waals surface area contributed by atoms with Crippen molar-refractivity contribution in [1.82, 2.24) is 9.97 Å². The van der Waals surface area contributed by atoms with Gasteiger partial charge in [0.15, 0.2) is 0 Å². The van der Waals surface area contributed by atoms with Crippen LogP contribution < -0.4 is 5.32 Å². The van der Waals surface area contributed by atoms with Crippen molar-refractivity contribution in [3.05, 3.63) is 42.1 Å². The van der Waals surface area contributed by atoms with E-state index in [9.17, 15) is 0 Å². The van der Waals surface area contributed by atoms with E-state index in [0.29, 0.717) is 5.95 Å². The Morgan fingerprint density at radius 2 is 2.00 bits per heavy atom. The SMILES string of the molecule is CCNc1nccc(-c2ccccc2C)n1. The van der Waals surface area contributed by atoms with Crippen molar-refractivity contribution < 1.29 is 0 Å². The van der Waals surface area contributed by atoms with Crippen LogP contribution in [-0.2, 0) is 0 Å². The van der Waals surface area contributed by atoms with E-state index in [1.165, 1.54) is 5.56 Å². The summed E-state index contributed by atoms with van der Waals surface area (Å²) in [5.41, 5.74) is 3.34. The fraction of sp³-hybridized carbons (Fsp3) is 0.231.